The van der Waals surface area contributed by atoms with Crippen LogP contribution in [0.3, 0.4) is 0 Å². The van der Waals surface area contributed by atoms with E-state index in [4.69, 9.17) is 20.1 Å². The third-order valence-electron chi connectivity index (χ3n) is 9.35. The molecular weight excluding hydrogens is 677 g/mol. The van der Waals surface area contributed by atoms with Gasteiger partial charge in [-0.15, -0.1) is 0 Å². The molecule has 7 heteroatoms. The fraction of sp³-hybridized carbons (Fsp3) is 0.596. The second-order valence-electron chi connectivity index (χ2n) is 14.2. The van der Waals surface area contributed by atoms with Crippen LogP contribution in [-0.2, 0) is 32.0 Å². The summed E-state index contributed by atoms with van der Waals surface area (Å²) in [4.78, 5) is 33.0. The third kappa shape index (κ3) is 31.8. The molecule has 3 N–H and O–H groups in total. The molecule has 0 spiro atoms. The number of rotatable bonds is 36. The van der Waals surface area contributed by atoms with Crippen LogP contribution < -0.4 is 0 Å². The summed E-state index contributed by atoms with van der Waals surface area (Å²) < 4.78 is 4.96. The largest absolute Gasteiger partial charge is 0.481 e. The highest BCUT2D eigenvalue weighted by Gasteiger charge is 2.05. The zero-order valence-corrected chi connectivity index (χ0v) is 33.3. The lowest BCUT2D eigenvalue weighted by Gasteiger charge is -2.11. The Morgan fingerprint density at radius 3 is 1.41 bits per heavy atom. The fourth-order valence-corrected chi connectivity index (χ4v) is 6.24. The Hall–Kier alpha value is -3.71. The van der Waals surface area contributed by atoms with Gasteiger partial charge in [-0.1, -0.05) is 118 Å². The highest BCUT2D eigenvalue weighted by Crippen LogP contribution is 2.20. The fourth-order valence-electron chi connectivity index (χ4n) is 6.24. The lowest BCUT2D eigenvalue weighted by atomic mass is 9.94. The number of carbonyl (C=O) groups is 3. The van der Waals surface area contributed by atoms with E-state index in [9.17, 15) is 14.4 Å². The van der Waals surface area contributed by atoms with Gasteiger partial charge in [-0.3, -0.25) is 9.59 Å². The average Bonchev–Trinajstić information content (AvgIpc) is 3.15. The number of unbranched alkanes of at least 4 members (excludes halogenated alkanes) is 16. The zero-order valence-electron chi connectivity index (χ0n) is 33.3. The third-order valence-corrected chi connectivity index (χ3v) is 9.35. The maximum atomic E-state index is 11.9. The topological polar surface area (TPSA) is 121 Å². The Morgan fingerprint density at radius 2 is 0.944 bits per heavy atom. The van der Waals surface area contributed by atoms with Gasteiger partial charge >= 0.3 is 17.9 Å². The van der Waals surface area contributed by atoms with Gasteiger partial charge < -0.3 is 20.1 Å². The van der Waals surface area contributed by atoms with Crippen LogP contribution in [0.4, 0.5) is 0 Å². The molecule has 7 nitrogen and oxygen atoms in total. The van der Waals surface area contributed by atoms with Crippen LogP contribution in [0.1, 0.15) is 171 Å². The summed E-state index contributed by atoms with van der Waals surface area (Å²) in [6, 6.07) is 6.52. The molecule has 1 aromatic carbocycles. The van der Waals surface area contributed by atoms with Crippen molar-refractivity contribution in [3.8, 4) is 0 Å². The van der Waals surface area contributed by atoms with Crippen LogP contribution in [-0.4, -0.2) is 46.4 Å². The number of ether oxygens (including phenoxy) is 1. The maximum absolute atomic E-state index is 11.9. The molecule has 0 aliphatic carbocycles. The molecule has 302 valence electrons. The lowest BCUT2D eigenvalue weighted by molar-refractivity contribution is -0.139. The molecule has 0 atom stereocenters. The molecule has 0 bridgehead atoms. The molecule has 0 heterocycles. The second kappa shape index (κ2) is 36.3. The number of hydrogen-bond acceptors (Lipinski definition) is 5. The molecule has 0 unspecified atom stereocenters. The summed E-state index contributed by atoms with van der Waals surface area (Å²) in [5.74, 6) is -1.83. The Bertz CT molecular complexity index is 1260. The van der Waals surface area contributed by atoms with Crippen LogP contribution in [0, 0.1) is 0 Å². The summed E-state index contributed by atoms with van der Waals surface area (Å²) in [6.07, 6.45) is 48.0. The highest BCUT2D eigenvalue weighted by molar-refractivity contribution is 5.87. The lowest BCUT2D eigenvalue weighted by Crippen LogP contribution is -2.05. The van der Waals surface area contributed by atoms with E-state index < -0.39 is 17.9 Å². The van der Waals surface area contributed by atoms with Gasteiger partial charge in [0.05, 0.1) is 6.61 Å². The molecule has 0 aliphatic rings. The highest BCUT2D eigenvalue weighted by atomic mass is 16.5. The second-order valence-corrected chi connectivity index (χ2v) is 14.2. The first-order valence-corrected chi connectivity index (χ1v) is 21.0. The van der Waals surface area contributed by atoms with Gasteiger partial charge in [0.1, 0.15) is 6.61 Å². The van der Waals surface area contributed by atoms with Crippen LogP contribution in [0.25, 0.3) is 6.08 Å². The van der Waals surface area contributed by atoms with Crippen molar-refractivity contribution in [2.24, 2.45) is 0 Å². The van der Waals surface area contributed by atoms with Crippen molar-refractivity contribution >= 4 is 24.0 Å². The molecule has 0 fully saturated rings. The molecule has 0 saturated heterocycles. The van der Waals surface area contributed by atoms with Crippen LogP contribution in [0.15, 0.2) is 72.9 Å². The Kier molecular flexibility index (Phi) is 32.5. The van der Waals surface area contributed by atoms with Crippen molar-refractivity contribution in [1.82, 2.24) is 0 Å². The molecule has 0 radical (unpaired) electrons. The first-order chi connectivity index (χ1) is 26.4. The maximum Gasteiger partial charge on any atom is 0.330 e. The monoisotopic (exact) mass is 749 g/mol. The van der Waals surface area contributed by atoms with E-state index in [0.29, 0.717) is 6.42 Å². The minimum atomic E-state index is -0.694. The van der Waals surface area contributed by atoms with Gasteiger partial charge in [0.25, 0.3) is 0 Å². The summed E-state index contributed by atoms with van der Waals surface area (Å²) in [5.41, 5.74) is 3.76. The summed E-state index contributed by atoms with van der Waals surface area (Å²) in [6.45, 7) is -0.172. The van der Waals surface area contributed by atoms with Gasteiger partial charge in [-0.25, -0.2) is 4.79 Å². The number of benzene rings is 1. The van der Waals surface area contributed by atoms with Crippen LogP contribution >= 0.6 is 0 Å². The number of carboxylic acid groups (broad SMARTS) is 2. The van der Waals surface area contributed by atoms with E-state index in [1.807, 2.05) is 0 Å². The van der Waals surface area contributed by atoms with Gasteiger partial charge in [-0.2, -0.15) is 0 Å². The number of aliphatic carboxylic acids is 2. The van der Waals surface area contributed by atoms with E-state index in [-0.39, 0.29) is 19.6 Å². The number of aliphatic hydroxyl groups is 1. The molecule has 0 aromatic heterocycles. The summed E-state index contributed by atoms with van der Waals surface area (Å²) in [7, 11) is 0. The summed E-state index contributed by atoms with van der Waals surface area (Å²) in [5, 5.41) is 26.3. The van der Waals surface area contributed by atoms with Gasteiger partial charge in [0.15, 0.2) is 0 Å². The number of carbonyl (C=O) groups excluding carboxylic acids is 1. The van der Waals surface area contributed by atoms with Crippen molar-refractivity contribution < 1.29 is 34.4 Å². The SMILES string of the molecule is O=C(O)CCCCCCC/C=C\C/C=C\CCCCCc1ccc(/C=C/C(=O)OCCO)cc1CCCCC/C=C\C/C=C\CCCCCCCC(=O)O. The van der Waals surface area contributed by atoms with E-state index in [2.05, 4.69) is 66.8 Å². The van der Waals surface area contributed by atoms with Crippen molar-refractivity contribution in [2.75, 3.05) is 13.2 Å². The number of esters is 1. The standard InChI is InChI=1S/C47H72O7/c48-39-40-54-47(53)38-36-42-35-37-43(31-27-23-19-15-11-7-3-1-5-9-13-17-21-25-29-33-45(49)50)44(41-42)32-28-24-20-16-12-8-4-2-6-10-14-18-22-26-30-34-46(51)52/h1-2,5-8,11-12,35-38,41,48H,3-4,9-10,13-34,39-40H2,(H,49,50)(H,51,52)/b5-1-,6-2-,11-7-,12-8-,38-36+. The van der Waals surface area contributed by atoms with Crippen LogP contribution in [0.2, 0.25) is 0 Å². The van der Waals surface area contributed by atoms with Gasteiger partial charge in [0, 0.05) is 18.9 Å². The number of carboxylic acids is 2. The van der Waals surface area contributed by atoms with Crippen LogP contribution in [0.5, 0.6) is 0 Å². The van der Waals surface area contributed by atoms with E-state index >= 15 is 0 Å². The Balaban J connectivity index is 2.35. The molecule has 1 aromatic rings. The number of hydrogen-bond donors (Lipinski definition) is 3. The minimum absolute atomic E-state index is 0.00687. The Morgan fingerprint density at radius 1 is 0.519 bits per heavy atom. The summed E-state index contributed by atoms with van der Waals surface area (Å²) >= 11 is 0. The molecule has 0 amide bonds. The van der Waals surface area contributed by atoms with E-state index in [0.717, 1.165) is 108 Å². The average molecular weight is 749 g/mol. The molecule has 0 saturated carbocycles. The first-order valence-electron chi connectivity index (χ1n) is 21.0. The Labute approximate surface area is 327 Å². The van der Waals surface area contributed by atoms with Crippen molar-refractivity contribution in [1.29, 1.82) is 0 Å². The molecular formula is C47H72O7. The van der Waals surface area contributed by atoms with E-state index in [1.54, 1.807) is 6.08 Å². The quantitative estimate of drug-likeness (QED) is 0.0270. The minimum Gasteiger partial charge on any atom is -0.481 e. The number of aryl methyl sites for hydroxylation is 2. The smallest absolute Gasteiger partial charge is 0.330 e. The predicted octanol–water partition coefficient (Wildman–Crippen LogP) is 12.1. The van der Waals surface area contributed by atoms with Crippen molar-refractivity contribution in [3.63, 3.8) is 0 Å². The normalized spacial score (nSPS) is 12.0. The zero-order chi connectivity index (χ0) is 39.2. The molecule has 1 rings (SSSR count). The van der Waals surface area contributed by atoms with Crippen molar-refractivity contribution in [2.45, 2.75) is 167 Å². The van der Waals surface area contributed by atoms with E-state index in [1.165, 1.54) is 68.6 Å². The van der Waals surface area contributed by atoms with Gasteiger partial charge in [0.2, 0.25) is 0 Å². The predicted molar refractivity (Wildman–Crippen MR) is 224 cm³/mol. The van der Waals surface area contributed by atoms with Gasteiger partial charge in [-0.05, 0) is 125 Å². The number of aliphatic hydroxyl groups excluding tert-OH is 1. The van der Waals surface area contributed by atoms with Crippen molar-refractivity contribution in [3.05, 3.63) is 89.6 Å². The number of allylic oxidation sites excluding steroid dienone is 8. The molecule has 54 heavy (non-hydrogen) atoms. The first kappa shape index (κ1) is 48.3. The molecule has 0 aliphatic heterocycles.